The second kappa shape index (κ2) is 5.45. The van der Waals surface area contributed by atoms with Gasteiger partial charge in [-0.05, 0) is 17.7 Å². The van der Waals surface area contributed by atoms with Gasteiger partial charge >= 0.3 is 22.4 Å². The van der Waals surface area contributed by atoms with Gasteiger partial charge in [0.2, 0.25) is 0 Å². The highest BCUT2D eigenvalue weighted by molar-refractivity contribution is 8.45. The van der Waals surface area contributed by atoms with E-state index in [1.165, 1.54) is 0 Å². The highest BCUT2D eigenvalue weighted by Gasteiger charge is 2.65. The number of alkyl halides is 3. The molecule has 0 bridgehead atoms. The zero-order valence-electron chi connectivity index (χ0n) is 12.1. The van der Waals surface area contributed by atoms with Crippen molar-refractivity contribution in [2.45, 2.75) is 23.8 Å². The zero-order chi connectivity index (χ0) is 19.2. The van der Waals surface area contributed by atoms with Gasteiger partial charge < -0.3 is 9.57 Å². The Hall–Kier alpha value is -1.60. The maximum atomic E-state index is 12.5. The quantitative estimate of drug-likeness (QED) is 0.678. The van der Waals surface area contributed by atoms with Gasteiger partial charge in [0.25, 0.3) is 0 Å². The lowest BCUT2D eigenvalue weighted by molar-refractivity contribution is -0.269. The molecule has 0 atom stereocenters. The first-order valence-corrected chi connectivity index (χ1v) is 8.48. The molecule has 1 aliphatic heterocycles. The third-order valence-corrected chi connectivity index (χ3v) is 4.28. The predicted molar refractivity (Wildman–Crippen MR) is 70.1 cm³/mol. The van der Waals surface area contributed by atoms with Gasteiger partial charge in [-0.25, -0.2) is 4.79 Å². The van der Waals surface area contributed by atoms with Gasteiger partial charge in [0.05, 0.1) is 25.8 Å². The van der Waals surface area contributed by atoms with Crippen LogP contribution in [0.5, 0.6) is 0 Å². The second-order valence-corrected chi connectivity index (χ2v) is 7.68. The summed E-state index contributed by atoms with van der Waals surface area (Å²) >= 11 is 0. The third-order valence-electron chi connectivity index (χ3n) is 3.11. The lowest BCUT2D eigenvalue weighted by Gasteiger charge is -2.40. The number of ether oxygens (including phenoxy) is 1. The van der Waals surface area contributed by atoms with Crippen molar-refractivity contribution in [1.82, 2.24) is 5.06 Å². The normalized spacial score (nSPS) is 19.7. The summed E-state index contributed by atoms with van der Waals surface area (Å²) in [6.07, 6.45) is -5.74. The maximum absolute atomic E-state index is 12.5. The van der Waals surface area contributed by atoms with Crippen molar-refractivity contribution in [3.05, 3.63) is 29.8 Å². The van der Waals surface area contributed by atoms with Crippen LogP contribution in [0.25, 0.3) is 0 Å². The Labute approximate surface area is 136 Å². The van der Waals surface area contributed by atoms with Gasteiger partial charge in [-0.2, -0.15) is 13.2 Å². The van der Waals surface area contributed by atoms with Crippen LogP contribution in [0.1, 0.15) is 5.56 Å². The van der Waals surface area contributed by atoms with E-state index in [-0.39, 0.29) is 37.4 Å². The highest BCUT2D eigenvalue weighted by atomic mass is 32.5. The van der Waals surface area contributed by atoms with Crippen LogP contribution < -0.4 is 0 Å². The summed E-state index contributed by atoms with van der Waals surface area (Å²) in [4.78, 5) is 12.5. The first-order chi connectivity index (χ1) is 11.0. The van der Waals surface area contributed by atoms with E-state index in [9.17, 15) is 37.4 Å². The number of hydroxylamine groups is 2. The summed E-state index contributed by atoms with van der Waals surface area (Å²) in [5, 5.41) is 0.706. The number of hydrogen-bond acceptors (Lipinski definition) is 4. The van der Waals surface area contributed by atoms with Crippen molar-refractivity contribution < 1.29 is 47.0 Å². The monoisotopic (exact) mass is 401 g/mol. The molecule has 1 aromatic carbocycles. The van der Waals surface area contributed by atoms with Crippen molar-refractivity contribution in [1.29, 1.82) is 0 Å². The van der Waals surface area contributed by atoms with Gasteiger partial charge in [-0.15, -0.1) is 5.06 Å². The van der Waals surface area contributed by atoms with E-state index in [1.807, 2.05) is 0 Å². The summed E-state index contributed by atoms with van der Waals surface area (Å²) in [5.74, 6) is -2.38. The molecule has 1 aromatic rings. The van der Waals surface area contributed by atoms with Crippen LogP contribution in [0, 0.1) is 0 Å². The first kappa shape index (κ1) is 19.7. The molecule has 1 heterocycles. The standard InChI is InChI=1S/C12H11F8NO3S/c13-12(14,15)11(22)24-21-5-9(6-21)23-7-8-1-3-10(4-2-8)25(16,17,18,19)20/h1-4,9H,5-7H2. The lowest BCUT2D eigenvalue weighted by atomic mass is 10.2. The van der Waals surface area contributed by atoms with Gasteiger partial charge in [-0.3, -0.25) is 0 Å². The fourth-order valence-corrected chi connectivity index (χ4v) is 2.46. The SMILES string of the molecule is O=C(ON1CC(OCc2ccc(S(F)(F)(F)(F)F)cc2)C1)C(F)(F)F. The first-order valence-electron chi connectivity index (χ1n) is 6.53. The summed E-state index contributed by atoms with van der Waals surface area (Å²) in [6.45, 7) is -0.566. The van der Waals surface area contributed by atoms with Crippen LogP contribution in [0.3, 0.4) is 0 Å². The molecule has 144 valence electrons. The number of rotatable bonds is 5. The number of carbonyl (C=O) groups excluding carboxylic acids is 1. The lowest BCUT2D eigenvalue weighted by Crippen LogP contribution is -2.53. The molecule has 0 spiro atoms. The van der Waals surface area contributed by atoms with Gasteiger partial charge in [0.15, 0.2) is 0 Å². The van der Waals surface area contributed by atoms with E-state index in [2.05, 4.69) is 4.84 Å². The Morgan fingerprint density at radius 1 is 1.08 bits per heavy atom. The fourth-order valence-electron chi connectivity index (χ4n) is 1.81. The van der Waals surface area contributed by atoms with E-state index in [1.54, 1.807) is 0 Å². The molecule has 13 heteroatoms. The third kappa shape index (κ3) is 5.44. The van der Waals surface area contributed by atoms with Crippen LogP contribution in [-0.2, 0) is 21.0 Å². The van der Waals surface area contributed by atoms with Crippen LogP contribution in [0.15, 0.2) is 29.2 Å². The molecular formula is C12H11F8NO3S. The van der Waals surface area contributed by atoms with Crippen LogP contribution in [0.4, 0.5) is 32.6 Å². The van der Waals surface area contributed by atoms with Crippen LogP contribution >= 0.6 is 10.2 Å². The zero-order valence-corrected chi connectivity index (χ0v) is 12.9. The average molecular weight is 401 g/mol. The molecular weight excluding hydrogens is 390 g/mol. The van der Waals surface area contributed by atoms with Crippen molar-refractivity contribution in [2.24, 2.45) is 0 Å². The highest BCUT2D eigenvalue weighted by Crippen LogP contribution is 3.02. The molecule has 0 amide bonds. The van der Waals surface area contributed by atoms with Crippen LogP contribution in [-0.4, -0.2) is 36.4 Å². The fraction of sp³-hybridized carbons (Fsp3) is 0.417. The largest absolute Gasteiger partial charge is 0.492 e. The topological polar surface area (TPSA) is 38.8 Å². The van der Waals surface area contributed by atoms with Gasteiger partial charge in [-0.1, -0.05) is 31.6 Å². The molecule has 0 aromatic heterocycles. The predicted octanol–water partition coefficient (Wildman–Crippen LogP) is 4.57. The second-order valence-electron chi connectivity index (χ2n) is 5.27. The van der Waals surface area contributed by atoms with Gasteiger partial charge in [0, 0.05) is 0 Å². The Balaban J connectivity index is 1.80. The van der Waals surface area contributed by atoms with E-state index >= 15 is 0 Å². The smallest absolute Gasteiger partial charge is 0.371 e. The van der Waals surface area contributed by atoms with Crippen molar-refractivity contribution >= 4 is 16.2 Å². The molecule has 0 unspecified atom stereocenters. The Morgan fingerprint density at radius 2 is 1.60 bits per heavy atom. The molecule has 0 radical (unpaired) electrons. The minimum atomic E-state index is -9.73. The molecule has 0 saturated carbocycles. The van der Waals surface area contributed by atoms with E-state index < -0.39 is 33.4 Å². The molecule has 0 aliphatic carbocycles. The molecule has 1 saturated heterocycles. The molecule has 0 N–H and O–H groups in total. The van der Waals surface area contributed by atoms with E-state index in [4.69, 9.17) is 4.74 Å². The van der Waals surface area contributed by atoms with Crippen molar-refractivity contribution in [3.8, 4) is 0 Å². The molecule has 1 aliphatic rings. The number of carbonyl (C=O) groups is 1. The summed E-state index contributed by atoms with van der Waals surface area (Å²) < 4.78 is 104. The Bertz CT molecular complexity index is 652. The Kier molecular flexibility index (Phi) is 4.30. The van der Waals surface area contributed by atoms with E-state index in [0.29, 0.717) is 5.06 Å². The van der Waals surface area contributed by atoms with Crippen molar-refractivity contribution in [3.63, 3.8) is 0 Å². The summed E-state index contributed by atoms with van der Waals surface area (Å²) in [5.41, 5.74) is 0.163. The molecule has 4 nitrogen and oxygen atoms in total. The average Bonchev–Trinajstić information content (AvgIpc) is 2.37. The van der Waals surface area contributed by atoms with Gasteiger partial charge in [0.1, 0.15) is 4.90 Å². The van der Waals surface area contributed by atoms with Crippen LogP contribution in [0.2, 0.25) is 0 Å². The molecule has 2 rings (SSSR count). The minimum absolute atomic E-state index is 0.161. The maximum Gasteiger partial charge on any atom is 0.492 e. The summed E-state index contributed by atoms with van der Waals surface area (Å²) in [7, 11) is -9.73. The number of nitrogens with zero attached hydrogens (tertiary/aromatic N) is 1. The number of halogens is 8. The van der Waals surface area contributed by atoms with Crippen molar-refractivity contribution in [2.75, 3.05) is 13.1 Å². The minimum Gasteiger partial charge on any atom is -0.371 e. The number of hydrogen-bond donors (Lipinski definition) is 0. The summed E-state index contributed by atoms with van der Waals surface area (Å²) in [6, 6.07) is 2.09. The molecule has 1 fully saturated rings. The Morgan fingerprint density at radius 3 is 2.04 bits per heavy atom. The number of benzene rings is 1. The van der Waals surface area contributed by atoms with E-state index in [0.717, 1.165) is 12.1 Å². The molecule has 25 heavy (non-hydrogen) atoms.